The van der Waals surface area contributed by atoms with Crippen molar-refractivity contribution in [3.63, 3.8) is 0 Å². The van der Waals surface area contributed by atoms with Gasteiger partial charge in [0.15, 0.2) is 11.5 Å². The maximum absolute atomic E-state index is 10.9. The number of carbonyl (C=O) groups excluding carboxylic acids is 1. The minimum atomic E-state index is -0.431. The minimum absolute atomic E-state index is 0. The van der Waals surface area contributed by atoms with Gasteiger partial charge in [-0.2, -0.15) is 0 Å². The number of allylic oxidation sites excluding steroid dienone is 2. The number of nitro benzene ring substituents is 1. The predicted octanol–water partition coefficient (Wildman–Crippen LogP) is 6.27. The Balaban J connectivity index is 0.000000357. The molecule has 2 heterocycles. The van der Waals surface area contributed by atoms with Crippen molar-refractivity contribution in [2.45, 2.75) is 39.5 Å². The van der Waals surface area contributed by atoms with Gasteiger partial charge in [-0.1, -0.05) is 12.1 Å². The summed E-state index contributed by atoms with van der Waals surface area (Å²) in [6, 6.07) is 13.8. The molecule has 4 aromatic rings. The number of benzene rings is 2. The number of carbonyl (C=O) groups is 1. The number of ketones is 1. The number of rotatable bonds is 3. The number of nitrogens with zero attached hydrogens (tertiary/aromatic N) is 2. The normalized spacial score (nSPS) is 12.9. The second kappa shape index (κ2) is 10.7. The quantitative estimate of drug-likeness (QED) is 0.0936. The van der Waals surface area contributed by atoms with Crippen LogP contribution < -0.4 is 0 Å². The third kappa shape index (κ3) is 5.41. The van der Waals surface area contributed by atoms with E-state index in [1.54, 1.807) is 12.3 Å². The smallest absolute Gasteiger partial charge is 0.190 e. The molecule has 1 aliphatic carbocycles. The van der Waals surface area contributed by atoms with Crippen LogP contribution in [0.5, 0.6) is 0 Å². The number of hydrogen-bond donors (Lipinski definition) is 1. The second-order valence-corrected chi connectivity index (χ2v) is 8.08. The van der Waals surface area contributed by atoms with Crippen molar-refractivity contribution in [3.8, 4) is 11.3 Å². The van der Waals surface area contributed by atoms with Gasteiger partial charge in [0.25, 0.3) is 0 Å². The molecule has 34 heavy (non-hydrogen) atoms. The van der Waals surface area contributed by atoms with E-state index in [4.69, 9.17) is 9.52 Å². The van der Waals surface area contributed by atoms with Crippen LogP contribution in [-0.4, -0.2) is 20.8 Å². The van der Waals surface area contributed by atoms with Crippen molar-refractivity contribution in [3.05, 3.63) is 81.7 Å². The van der Waals surface area contributed by atoms with Crippen LogP contribution in [0.4, 0.5) is 5.69 Å². The Hall–Kier alpha value is -3.35. The predicted molar refractivity (Wildman–Crippen MR) is 126 cm³/mol. The van der Waals surface area contributed by atoms with Gasteiger partial charge in [-0.15, -0.1) is 17.7 Å². The van der Waals surface area contributed by atoms with Crippen LogP contribution in [-0.2, 0) is 37.7 Å². The number of aliphatic hydroxyl groups excluding tert-OH is 1. The van der Waals surface area contributed by atoms with E-state index in [0.29, 0.717) is 16.8 Å². The fraction of sp³-hybridized carbons (Fsp3) is 0.231. The van der Waals surface area contributed by atoms with E-state index < -0.39 is 4.92 Å². The summed E-state index contributed by atoms with van der Waals surface area (Å²) in [6.45, 7) is 2.85. The number of fused-ring (bicyclic) bond motifs is 4. The molecule has 0 saturated heterocycles. The third-order valence-electron chi connectivity index (χ3n) is 5.53. The fourth-order valence-electron chi connectivity index (χ4n) is 4.10. The van der Waals surface area contributed by atoms with E-state index in [1.165, 1.54) is 56.0 Å². The van der Waals surface area contributed by atoms with Crippen LogP contribution in [0.1, 0.15) is 37.8 Å². The van der Waals surface area contributed by atoms with E-state index in [2.05, 4.69) is 23.2 Å². The summed E-state index contributed by atoms with van der Waals surface area (Å²) in [4.78, 5) is 24.9. The molecule has 0 amide bonds. The van der Waals surface area contributed by atoms with Crippen LogP contribution in [0.2, 0.25) is 0 Å². The zero-order valence-electron chi connectivity index (χ0n) is 18.8. The molecule has 0 bridgehead atoms. The number of pyridine rings is 1. The number of hydrogen-bond acceptors (Lipinski definition) is 6. The molecule has 0 aliphatic heterocycles. The monoisotopic (exact) mass is 636 g/mol. The van der Waals surface area contributed by atoms with Crippen molar-refractivity contribution in [1.29, 1.82) is 0 Å². The van der Waals surface area contributed by atoms with Crippen LogP contribution in [0.25, 0.3) is 33.2 Å². The summed E-state index contributed by atoms with van der Waals surface area (Å²) in [6.07, 6.45) is 7.60. The van der Waals surface area contributed by atoms with E-state index in [0.717, 1.165) is 29.2 Å². The summed E-state index contributed by atoms with van der Waals surface area (Å²) < 4.78 is 6.17. The Morgan fingerprint density at radius 3 is 2.41 bits per heavy atom. The van der Waals surface area contributed by atoms with Gasteiger partial charge in [-0.25, -0.2) is 0 Å². The van der Waals surface area contributed by atoms with Gasteiger partial charge in [-0.3, -0.25) is 14.9 Å². The molecular weight excluding hydrogens is 613 g/mol. The van der Waals surface area contributed by atoms with Gasteiger partial charge in [0.2, 0.25) is 0 Å². The van der Waals surface area contributed by atoms with Gasteiger partial charge in [0.1, 0.15) is 11.2 Å². The average molecular weight is 636 g/mol. The Morgan fingerprint density at radius 1 is 1.15 bits per heavy atom. The maximum atomic E-state index is 10.9. The first kappa shape index (κ1) is 25.3. The van der Waals surface area contributed by atoms with Crippen molar-refractivity contribution in [2.75, 3.05) is 0 Å². The molecule has 0 atom stereocenters. The average Bonchev–Trinajstić information content (AvgIpc) is 3.14. The fourth-order valence-corrected chi connectivity index (χ4v) is 4.10. The van der Waals surface area contributed by atoms with Crippen molar-refractivity contribution < 1.29 is 39.3 Å². The molecule has 2 aromatic carbocycles. The molecule has 0 saturated carbocycles. The Labute approximate surface area is 210 Å². The van der Waals surface area contributed by atoms with E-state index >= 15 is 0 Å². The zero-order chi connectivity index (χ0) is 23.5. The van der Waals surface area contributed by atoms with E-state index in [-0.39, 0.29) is 37.3 Å². The SMILES string of the molecule is CC(=O)/C=C(/C)O.O=[N+]([O-])c1c[c-]c(-c2nccc3c2oc2cc4c(cc23)CCCC4)cc1.[Ir]. The molecule has 7 nitrogen and oxygen atoms in total. The van der Waals surface area contributed by atoms with Crippen molar-refractivity contribution in [2.24, 2.45) is 0 Å². The number of furan rings is 1. The van der Waals surface area contributed by atoms with Gasteiger partial charge >= 0.3 is 0 Å². The third-order valence-corrected chi connectivity index (χ3v) is 5.53. The van der Waals surface area contributed by atoms with E-state index in [1.807, 2.05) is 6.07 Å². The maximum Gasteiger partial charge on any atom is 0.190 e. The summed E-state index contributed by atoms with van der Waals surface area (Å²) in [5.41, 5.74) is 5.72. The molecule has 0 fully saturated rings. The molecule has 0 spiro atoms. The van der Waals surface area contributed by atoms with Crippen LogP contribution in [0.15, 0.2) is 58.8 Å². The Bertz CT molecular complexity index is 1390. The Morgan fingerprint density at radius 2 is 1.85 bits per heavy atom. The summed E-state index contributed by atoms with van der Waals surface area (Å²) in [5, 5.41) is 21.3. The molecule has 2 aromatic heterocycles. The first-order valence-electron chi connectivity index (χ1n) is 10.7. The van der Waals surface area contributed by atoms with Gasteiger partial charge in [0.05, 0.1) is 5.76 Å². The molecule has 8 heteroatoms. The molecule has 1 aliphatic rings. The molecule has 177 valence electrons. The van der Waals surface area contributed by atoms with Crippen LogP contribution in [0, 0.1) is 16.2 Å². The Kier molecular flexibility index (Phi) is 7.97. The van der Waals surface area contributed by atoms with Crippen molar-refractivity contribution in [1.82, 2.24) is 4.98 Å². The van der Waals surface area contributed by atoms with E-state index in [9.17, 15) is 14.9 Å². The van der Waals surface area contributed by atoms with Crippen LogP contribution in [0.3, 0.4) is 0 Å². The number of nitro groups is 1. The summed E-state index contributed by atoms with van der Waals surface area (Å²) >= 11 is 0. The number of aryl methyl sites for hydroxylation is 2. The summed E-state index contributed by atoms with van der Waals surface area (Å²) in [7, 11) is 0. The first-order valence-corrected chi connectivity index (χ1v) is 10.7. The van der Waals surface area contributed by atoms with Gasteiger partial charge < -0.3 is 14.5 Å². The molecular formula is C26H23IrN2O5-. The number of non-ortho nitro benzene ring substituents is 1. The standard InChI is InChI=1S/C21H15N2O3.C5H8O2.Ir/c24-23(25)16-7-5-13(6-8-16)20-21-17(9-10-22-20)18-11-14-3-1-2-4-15(14)12-19(18)26-21;1-4(6)3-5(2)7;/h5,7-12H,1-4H2;3,6H,1-2H3;/q-1;;/b;4-3-;. The number of aromatic nitrogens is 1. The zero-order valence-corrected chi connectivity index (χ0v) is 21.2. The largest absolute Gasteiger partial charge is 0.512 e. The molecule has 1 radical (unpaired) electrons. The minimum Gasteiger partial charge on any atom is -0.512 e. The molecule has 0 unspecified atom stereocenters. The topological polar surface area (TPSA) is 106 Å². The number of aliphatic hydroxyl groups is 1. The van der Waals surface area contributed by atoms with Gasteiger partial charge in [-0.05, 0) is 68.9 Å². The second-order valence-electron chi connectivity index (χ2n) is 8.08. The van der Waals surface area contributed by atoms with Crippen molar-refractivity contribution >= 4 is 33.4 Å². The summed E-state index contributed by atoms with van der Waals surface area (Å²) in [5.74, 6) is -0.0625. The van der Waals surface area contributed by atoms with Gasteiger partial charge in [0, 0.05) is 53.8 Å². The molecule has 5 rings (SSSR count). The first-order chi connectivity index (χ1) is 15.8. The van der Waals surface area contributed by atoms with Crippen LogP contribution >= 0.6 is 0 Å². The molecule has 1 N–H and O–H groups in total.